The Kier molecular flexibility index (Phi) is 5.52. The van der Waals surface area contributed by atoms with Gasteiger partial charge >= 0.3 is 0 Å². The summed E-state index contributed by atoms with van der Waals surface area (Å²) >= 11 is 0. The minimum absolute atomic E-state index is 0.0340. The molecule has 1 aliphatic rings. The highest BCUT2D eigenvalue weighted by atomic mass is 16.6. The fourth-order valence-corrected chi connectivity index (χ4v) is 2.98. The van der Waals surface area contributed by atoms with Crippen molar-refractivity contribution in [2.24, 2.45) is 0 Å². The Balaban J connectivity index is 1.69. The van der Waals surface area contributed by atoms with E-state index in [2.05, 4.69) is 10.2 Å². The summed E-state index contributed by atoms with van der Waals surface area (Å²) in [5, 5.41) is 14.3. The van der Waals surface area contributed by atoms with Gasteiger partial charge in [0.1, 0.15) is 11.4 Å². The third kappa shape index (κ3) is 4.20. The molecule has 2 aromatic rings. The molecule has 138 valence electrons. The smallest absolute Gasteiger partial charge is 0.293 e. The molecule has 26 heavy (non-hydrogen) atoms. The normalized spacial score (nSPS) is 15.0. The zero-order valence-corrected chi connectivity index (χ0v) is 14.7. The third-order valence-corrected chi connectivity index (χ3v) is 4.52. The van der Waals surface area contributed by atoms with E-state index in [1.54, 1.807) is 24.5 Å². The molecule has 0 atom stereocenters. The first kappa shape index (κ1) is 17.9. The van der Waals surface area contributed by atoms with Crippen molar-refractivity contribution in [3.63, 3.8) is 0 Å². The van der Waals surface area contributed by atoms with Crippen LogP contribution in [0.4, 0.5) is 11.4 Å². The van der Waals surface area contributed by atoms with E-state index in [1.807, 2.05) is 18.0 Å². The van der Waals surface area contributed by atoms with Crippen molar-refractivity contribution < 1.29 is 14.1 Å². The number of nitro groups is 1. The monoisotopic (exact) mass is 358 g/mol. The van der Waals surface area contributed by atoms with Gasteiger partial charge < -0.3 is 19.5 Å². The Morgan fingerprint density at radius 2 is 2.04 bits per heavy atom. The first-order valence-corrected chi connectivity index (χ1v) is 8.57. The van der Waals surface area contributed by atoms with Crippen LogP contribution in [0.2, 0.25) is 0 Å². The van der Waals surface area contributed by atoms with Crippen LogP contribution in [0.15, 0.2) is 41.0 Å². The number of nitrogens with one attached hydrogen (secondary N) is 1. The maximum absolute atomic E-state index is 12.3. The van der Waals surface area contributed by atoms with Gasteiger partial charge in [0.2, 0.25) is 0 Å². The van der Waals surface area contributed by atoms with Crippen molar-refractivity contribution in [2.45, 2.75) is 6.42 Å². The van der Waals surface area contributed by atoms with Gasteiger partial charge in [-0.15, -0.1) is 0 Å². The van der Waals surface area contributed by atoms with Gasteiger partial charge in [-0.2, -0.15) is 0 Å². The lowest BCUT2D eigenvalue weighted by molar-refractivity contribution is -0.384. The topological polar surface area (TPSA) is 91.9 Å². The summed E-state index contributed by atoms with van der Waals surface area (Å²) in [5.74, 6) is 0.450. The number of piperazine rings is 1. The van der Waals surface area contributed by atoms with Gasteiger partial charge in [0.15, 0.2) is 0 Å². The van der Waals surface area contributed by atoms with E-state index in [0.717, 1.165) is 31.9 Å². The summed E-state index contributed by atoms with van der Waals surface area (Å²) in [4.78, 5) is 27.5. The molecule has 0 aliphatic carbocycles. The van der Waals surface area contributed by atoms with Crippen molar-refractivity contribution in [3.05, 3.63) is 58.0 Å². The Labute approximate surface area is 151 Å². The molecule has 8 nitrogen and oxygen atoms in total. The number of carbonyl (C=O) groups excluding carboxylic acids is 1. The Hall–Kier alpha value is -2.87. The number of carbonyl (C=O) groups is 1. The Morgan fingerprint density at radius 1 is 1.27 bits per heavy atom. The van der Waals surface area contributed by atoms with Gasteiger partial charge in [0.05, 0.1) is 11.2 Å². The average Bonchev–Trinajstić information content (AvgIpc) is 3.15. The third-order valence-electron chi connectivity index (χ3n) is 4.52. The number of benzene rings is 1. The van der Waals surface area contributed by atoms with Crippen LogP contribution in [-0.2, 0) is 6.42 Å². The van der Waals surface area contributed by atoms with E-state index < -0.39 is 4.92 Å². The summed E-state index contributed by atoms with van der Waals surface area (Å²) in [6.45, 7) is 3.57. The van der Waals surface area contributed by atoms with Gasteiger partial charge in [-0.25, -0.2) is 0 Å². The minimum Gasteiger partial charge on any atom is -0.469 e. The first-order valence-electron chi connectivity index (χ1n) is 8.57. The summed E-state index contributed by atoms with van der Waals surface area (Å²) in [5.41, 5.74) is 0.817. The van der Waals surface area contributed by atoms with Gasteiger partial charge in [-0.1, -0.05) is 0 Å². The highest BCUT2D eigenvalue weighted by molar-refractivity contribution is 5.95. The van der Waals surface area contributed by atoms with E-state index in [-0.39, 0.29) is 17.2 Å². The van der Waals surface area contributed by atoms with E-state index in [1.165, 1.54) is 6.07 Å². The first-order chi connectivity index (χ1) is 12.5. The molecule has 1 aromatic carbocycles. The van der Waals surface area contributed by atoms with Crippen LogP contribution in [0, 0.1) is 10.1 Å². The average molecular weight is 358 g/mol. The fourth-order valence-electron chi connectivity index (χ4n) is 2.98. The predicted octanol–water partition coefficient (Wildman–Crippen LogP) is 1.91. The second-order valence-corrected chi connectivity index (χ2v) is 6.34. The number of amides is 1. The van der Waals surface area contributed by atoms with Gasteiger partial charge in [-0.3, -0.25) is 14.9 Å². The van der Waals surface area contributed by atoms with Crippen molar-refractivity contribution >= 4 is 17.3 Å². The number of hydrogen-bond acceptors (Lipinski definition) is 6. The largest absolute Gasteiger partial charge is 0.469 e. The molecule has 0 bridgehead atoms. The fraction of sp³-hybridized carbons (Fsp3) is 0.389. The minimum atomic E-state index is -0.423. The molecule has 0 unspecified atom stereocenters. The highest BCUT2D eigenvalue weighted by Crippen LogP contribution is 2.30. The lowest BCUT2D eigenvalue weighted by atomic mass is 10.1. The van der Waals surface area contributed by atoms with E-state index in [4.69, 9.17) is 4.42 Å². The molecular formula is C18H22N4O4. The lowest BCUT2D eigenvalue weighted by Crippen LogP contribution is -2.44. The van der Waals surface area contributed by atoms with Gasteiger partial charge in [-0.05, 0) is 31.3 Å². The van der Waals surface area contributed by atoms with Crippen molar-refractivity contribution in [3.8, 4) is 0 Å². The van der Waals surface area contributed by atoms with Crippen molar-refractivity contribution in [1.29, 1.82) is 0 Å². The Bertz CT molecular complexity index is 768. The zero-order chi connectivity index (χ0) is 18.5. The number of anilines is 1. The molecule has 3 rings (SSSR count). The molecular weight excluding hydrogens is 336 g/mol. The number of nitrogens with zero attached hydrogens (tertiary/aromatic N) is 3. The quantitative estimate of drug-likeness (QED) is 0.626. The molecule has 1 saturated heterocycles. The Morgan fingerprint density at radius 3 is 2.69 bits per heavy atom. The van der Waals surface area contributed by atoms with E-state index in [9.17, 15) is 14.9 Å². The molecule has 1 aliphatic heterocycles. The highest BCUT2D eigenvalue weighted by Gasteiger charge is 2.24. The van der Waals surface area contributed by atoms with Gasteiger partial charge in [0.25, 0.3) is 11.6 Å². The van der Waals surface area contributed by atoms with E-state index in [0.29, 0.717) is 18.7 Å². The molecule has 1 amide bonds. The van der Waals surface area contributed by atoms with Crippen molar-refractivity contribution in [2.75, 3.05) is 44.7 Å². The standard InChI is InChI=1S/C18H22N4O4/c1-20-8-10-21(11-9-20)16-5-4-14(13-17(16)22(24)25)18(23)19-7-6-15-3-2-12-26-15/h2-5,12-13H,6-11H2,1H3,(H,19,23). The summed E-state index contributed by atoms with van der Waals surface area (Å²) in [7, 11) is 2.03. The SMILES string of the molecule is CN1CCN(c2ccc(C(=O)NCCc3ccco3)cc2[N+](=O)[O-])CC1. The second-order valence-electron chi connectivity index (χ2n) is 6.34. The lowest BCUT2D eigenvalue weighted by Gasteiger charge is -2.33. The summed E-state index contributed by atoms with van der Waals surface area (Å²) < 4.78 is 5.21. The molecule has 1 aromatic heterocycles. The number of rotatable bonds is 6. The number of furan rings is 1. The number of likely N-dealkylation sites (N-methyl/N-ethyl adjacent to an activating group) is 1. The summed E-state index contributed by atoms with van der Waals surface area (Å²) in [6.07, 6.45) is 2.15. The molecule has 0 saturated carbocycles. The second kappa shape index (κ2) is 8.01. The maximum atomic E-state index is 12.3. The zero-order valence-electron chi connectivity index (χ0n) is 14.7. The number of nitro benzene ring substituents is 1. The van der Waals surface area contributed by atoms with Crippen LogP contribution in [0.25, 0.3) is 0 Å². The van der Waals surface area contributed by atoms with Crippen LogP contribution >= 0.6 is 0 Å². The molecule has 0 spiro atoms. The molecule has 2 heterocycles. The van der Waals surface area contributed by atoms with Crippen LogP contribution < -0.4 is 10.2 Å². The van der Waals surface area contributed by atoms with Crippen LogP contribution in [-0.4, -0.2) is 55.5 Å². The molecule has 8 heteroatoms. The van der Waals surface area contributed by atoms with Crippen molar-refractivity contribution in [1.82, 2.24) is 10.2 Å². The molecule has 1 N–H and O–H groups in total. The van der Waals surface area contributed by atoms with Gasteiger partial charge in [0, 0.05) is 50.8 Å². The number of hydrogen-bond donors (Lipinski definition) is 1. The maximum Gasteiger partial charge on any atom is 0.293 e. The van der Waals surface area contributed by atoms with E-state index >= 15 is 0 Å². The van der Waals surface area contributed by atoms with Crippen LogP contribution in [0.1, 0.15) is 16.1 Å². The van der Waals surface area contributed by atoms with Crippen LogP contribution in [0.3, 0.4) is 0 Å². The molecule has 0 radical (unpaired) electrons. The molecule has 1 fully saturated rings. The summed E-state index contributed by atoms with van der Waals surface area (Å²) in [6, 6.07) is 8.29. The predicted molar refractivity (Wildman–Crippen MR) is 97.6 cm³/mol. The van der Waals surface area contributed by atoms with Crippen LogP contribution in [0.5, 0.6) is 0 Å².